The molecule has 0 radical (unpaired) electrons. The first-order valence-electron chi connectivity index (χ1n) is 5.73. The van der Waals surface area contributed by atoms with E-state index in [2.05, 4.69) is 20.6 Å². The molecule has 1 heterocycles. The molecule has 0 unspecified atom stereocenters. The van der Waals surface area contributed by atoms with Gasteiger partial charge in [-0.1, -0.05) is 6.07 Å². The lowest BCUT2D eigenvalue weighted by molar-refractivity contribution is -0.383. The Morgan fingerprint density at radius 1 is 1.30 bits per heavy atom. The van der Waals surface area contributed by atoms with E-state index in [0.29, 0.717) is 5.69 Å². The van der Waals surface area contributed by atoms with E-state index >= 15 is 0 Å². The van der Waals surface area contributed by atoms with Crippen molar-refractivity contribution in [2.75, 3.05) is 17.7 Å². The Labute approximate surface area is 114 Å². The van der Waals surface area contributed by atoms with Gasteiger partial charge in [0.15, 0.2) is 0 Å². The summed E-state index contributed by atoms with van der Waals surface area (Å²) in [6.45, 7) is 1.76. The van der Waals surface area contributed by atoms with Gasteiger partial charge in [0.05, 0.1) is 4.92 Å². The van der Waals surface area contributed by atoms with Crippen molar-refractivity contribution in [1.82, 2.24) is 9.97 Å². The van der Waals surface area contributed by atoms with E-state index in [1.807, 2.05) is 0 Å². The molecule has 1 aromatic heterocycles. The fourth-order valence-electron chi connectivity index (χ4n) is 1.68. The van der Waals surface area contributed by atoms with E-state index in [0.717, 1.165) is 5.56 Å². The standard InChI is InChI=1S/C12H12FN5O2/c1-7-3-4-8(13)5-9(7)17-12-10(18(19)20)11(14-2)15-6-16-12/h3-6H,1-2H3,(H2,14,15,16,17). The lowest BCUT2D eigenvalue weighted by Gasteiger charge is -2.10. The molecule has 8 heteroatoms. The minimum Gasteiger partial charge on any atom is -0.367 e. The molecule has 0 aliphatic carbocycles. The highest BCUT2D eigenvalue weighted by Gasteiger charge is 2.22. The third-order valence-corrected chi connectivity index (χ3v) is 2.69. The molecule has 0 bridgehead atoms. The molecule has 2 aromatic rings. The maximum Gasteiger partial charge on any atom is 0.353 e. The summed E-state index contributed by atoms with van der Waals surface area (Å²) in [5, 5.41) is 16.5. The maximum absolute atomic E-state index is 13.2. The SMILES string of the molecule is CNc1ncnc(Nc2cc(F)ccc2C)c1[N+](=O)[O-]. The molecule has 0 aliphatic rings. The average Bonchev–Trinajstić information content (AvgIpc) is 2.42. The number of halogens is 1. The molecule has 2 N–H and O–H groups in total. The van der Waals surface area contributed by atoms with Gasteiger partial charge in [0, 0.05) is 12.7 Å². The number of nitrogens with one attached hydrogen (secondary N) is 2. The van der Waals surface area contributed by atoms with Gasteiger partial charge in [-0.3, -0.25) is 10.1 Å². The van der Waals surface area contributed by atoms with Gasteiger partial charge < -0.3 is 10.6 Å². The van der Waals surface area contributed by atoms with Gasteiger partial charge in [-0.05, 0) is 24.6 Å². The molecule has 0 saturated heterocycles. The van der Waals surface area contributed by atoms with Gasteiger partial charge in [0.25, 0.3) is 0 Å². The maximum atomic E-state index is 13.2. The van der Waals surface area contributed by atoms with Crippen LogP contribution in [0, 0.1) is 22.9 Å². The first kappa shape index (κ1) is 13.7. The number of aryl methyl sites for hydroxylation is 1. The lowest BCUT2D eigenvalue weighted by atomic mass is 10.2. The first-order valence-corrected chi connectivity index (χ1v) is 5.73. The van der Waals surface area contributed by atoms with Gasteiger partial charge in [-0.25, -0.2) is 14.4 Å². The Balaban J connectivity index is 2.48. The van der Waals surface area contributed by atoms with Crippen LogP contribution >= 0.6 is 0 Å². The lowest BCUT2D eigenvalue weighted by Crippen LogP contribution is -2.06. The minimum atomic E-state index is -0.594. The van der Waals surface area contributed by atoms with E-state index in [1.54, 1.807) is 13.0 Å². The van der Waals surface area contributed by atoms with Crippen LogP contribution in [0.25, 0.3) is 0 Å². The zero-order chi connectivity index (χ0) is 14.7. The highest BCUT2D eigenvalue weighted by atomic mass is 19.1. The summed E-state index contributed by atoms with van der Waals surface area (Å²) in [6, 6.07) is 4.14. The van der Waals surface area contributed by atoms with Crippen LogP contribution in [-0.4, -0.2) is 21.9 Å². The van der Waals surface area contributed by atoms with Crippen LogP contribution in [0.3, 0.4) is 0 Å². The zero-order valence-electron chi connectivity index (χ0n) is 10.8. The molecule has 0 saturated carbocycles. The fourth-order valence-corrected chi connectivity index (χ4v) is 1.68. The van der Waals surface area contributed by atoms with Crippen molar-refractivity contribution < 1.29 is 9.31 Å². The fraction of sp³-hybridized carbons (Fsp3) is 0.167. The minimum absolute atomic E-state index is 0.00282. The summed E-state index contributed by atoms with van der Waals surface area (Å²) in [5.74, 6) is -0.353. The molecule has 104 valence electrons. The van der Waals surface area contributed by atoms with Crippen LogP contribution < -0.4 is 10.6 Å². The van der Waals surface area contributed by atoms with E-state index in [1.165, 1.54) is 25.5 Å². The summed E-state index contributed by atoms with van der Waals surface area (Å²) < 4.78 is 13.2. The summed E-state index contributed by atoms with van der Waals surface area (Å²) in [6.07, 6.45) is 1.19. The van der Waals surface area contributed by atoms with Crippen molar-refractivity contribution in [1.29, 1.82) is 0 Å². The number of hydrogen-bond acceptors (Lipinski definition) is 6. The number of benzene rings is 1. The third-order valence-electron chi connectivity index (χ3n) is 2.69. The normalized spacial score (nSPS) is 10.2. The molecular formula is C12H12FN5O2. The topological polar surface area (TPSA) is 93.0 Å². The molecule has 0 spiro atoms. The Bertz CT molecular complexity index is 662. The van der Waals surface area contributed by atoms with Crippen molar-refractivity contribution in [2.24, 2.45) is 0 Å². The van der Waals surface area contributed by atoms with Crippen molar-refractivity contribution in [2.45, 2.75) is 6.92 Å². The van der Waals surface area contributed by atoms with E-state index in [-0.39, 0.29) is 17.3 Å². The highest BCUT2D eigenvalue weighted by Crippen LogP contribution is 2.31. The number of anilines is 3. The van der Waals surface area contributed by atoms with Crippen molar-refractivity contribution in [3.63, 3.8) is 0 Å². The van der Waals surface area contributed by atoms with Gasteiger partial charge in [0.1, 0.15) is 12.1 Å². The smallest absolute Gasteiger partial charge is 0.353 e. The Morgan fingerprint density at radius 2 is 2.00 bits per heavy atom. The molecular weight excluding hydrogens is 265 g/mol. The molecule has 0 amide bonds. The molecule has 0 fully saturated rings. The predicted molar refractivity (Wildman–Crippen MR) is 72.7 cm³/mol. The summed E-state index contributed by atoms with van der Waals surface area (Å²) >= 11 is 0. The Hall–Kier alpha value is -2.77. The molecule has 20 heavy (non-hydrogen) atoms. The third kappa shape index (κ3) is 2.63. The Kier molecular flexibility index (Phi) is 3.74. The summed E-state index contributed by atoms with van der Waals surface area (Å²) in [5.41, 5.74) is 0.859. The van der Waals surface area contributed by atoms with E-state index < -0.39 is 10.7 Å². The second-order valence-corrected chi connectivity index (χ2v) is 4.01. The number of aromatic nitrogens is 2. The van der Waals surface area contributed by atoms with Crippen LogP contribution in [0.1, 0.15) is 5.56 Å². The number of hydrogen-bond donors (Lipinski definition) is 2. The first-order chi connectivity index (χ1) is 9.52. The second-order valence-electron chi connectivity index (χ2n) is 4.01. The average molecular weight is 277 g/mol. The molecule has 0 aliphatic heterocycles. The van der Waals surface area contributed by atoms with Gasteiger partial charge in [-0.15, -0.1) is 0 Å². The largest absolute Gasteiger partial charge is 0.367 e. The van der Waals surface area contributed by atoms with E-state index in [4.69, 9.17) is 0 Å². The quantitative estimate of drug-likeness (QED) is 0.659. The molecule has 7 nitrogen and oxygen atoms in total. The van der Waals surface area contributed by atoms with Gasteiger partial charge >= 0.3 is 5.69 Å². The van der Waals surface area contributed by atoms with Crippen LogP contribution in [0.15, 0.2) is 24.5 Å². The molecule has 1 aromatic carbocycles. The van der Waals surface area contributed by atoms with Gasteiger partial charge in [0.2, 0.25) is 11.6 Å². The number of nitro groups is 1. The van der Waals surface area contributed by atoms with Crippen LogP contribution in [-0.2, 0) is 0 Å². The summed E-state index contributed by atoms with van der Waals surface area (Å²) in [7, 11) is 1.52. The van der Waals surface area contributed by atoms with Crippen LogP contribution in [0.4, 0.5) is 27.4 Å². The molecule has 0 atom stereocenters. The van der Waals surface area contributed by atoms with Gasteiger partial charge in [-0.2, -0.15) is 0 Å². The number of rotatable bonds is 4. The predicted octanol–water partition coefficient (Wildman–Crippen LogP) is 2.62. The van der Waals surface area contributed by atoms with E-state index in [9.17, 15) is 14.5 Å². The monoisotopic (exact) mass is 277 g/mol. The Morgan fingerprint density at radius 3 is 2.65 bits per heavy atom. The van der Waals surface area contributed by atoms with Crippen molar-refractivity contribution in [3.05, 3.63) is 46.0 Å². The second kappa shape index (κ2) is 5.47. The van der Waals surface area contributed by atoms with Crippen LogP contribution in [0.5, 0.6) is 0 Å². The zero-order valence-corrected chi connectivity index (χ0v) is 10.8. The highest BCUT2D eigenvalue weighted by molar-refractivity contribution is 5.74. The van der Waals surface area contributed by atoms with Crippen LogP contribution in [0.2, 0.25) is 0 Å². The molecule has 2 rings (SSSR count). The number of nitrogens with zero attached hydrogens (tertiary/aromatic N) is 3. The van der Waals surface area contributed by atoms with Crippen molar-refractivity contribution >= 4 is 23.0 Å². The summed E-state index contributed by atoms with van der Waals surface area (Å²) in [4.78, 5) is 18.2. The van der Waals surface area contributed by atoms with Crippen molar-refractivity contribution in [3.8, 4) is 0 Å².